The van der Waals surface area contributed by atoms with Gasteiger partial charge in [-0.25, -0.2) is 0 Å². The molecular formula is C23H25NO2. The number of aryl methyl sites for hydroxylation is 1. The van der Waals surface area contributed by atoms with Crippen molar-refractivity contribution in [3.05, 3.63) is 101 Å². The summed E-state index contributed by atoms with van der Waals surface area (Å²) in [5.74, 6) is 0.821. The van der Waals surface area contributed by atoms with Crippen molar-refractivity contribution in [2.45, 2.75) is 12.5 Å². The highest BCUT2D eigenvalue weighted by molar-refractivity contribution is 5.50. The van der Waals surface area contributed by atoms with Gasteiger partial charge in [-0.05, 0) is 35.7 Å². The minimum Gasteiger partial charge on any atom is -0.497 e. The third kappa shape index (κ3) is 3.50. The zero-order chi connectivity index (χ0) is 18.4. The largest absolute Gasteiger partial charge is 0.497 e. The minimum atomic E-state index is -0.552. The molecule has 0 amide bonds. The number of nitrogens with one attached hydrogen (secondary N) is 1. The standard InChI is InChI=1S/C23H25NO2/c1-18-8-10-20(11-9-18)23(24-16-17-25,19-6-4-3-5-7-19)21-12-14-22(26-2)15-13-21/h3-15,24-25H,16-17H2,1-2H3. The molecule has 0 radical (unpaired) electrons. The number of ether oxygens (including phenoxy) is 1. The molecule has 0 fully saturated rings. The lowest BCUT2D eigenvalue weighted by Crippen LogP contribution is -2.45. The van der Waals surface area contributed by atoms with Gasteiger partial charge in [0.15, 0.2) is 0 Å². The van der Waals surface area contributed by atoms with Gasteiger partial charge in [0.25, 0.3) is 0 Å². The summed E-state index contributed by atoms with van der Waals surface area (Å²) in [6, 6.07) is 27.0. The van der Waals surface area contributed by atoms with Crippen molar-refractivity contribution in [2.24, 2.45) is 0 Å². The lowest BCUT2D eigenvalue weighted by Gasteiger charge is -2.37. The molecule has 3 heteroatoms. The summed E-state index contributed by atoms with van der Waals surface area (Å²) in [7, 11) is 1.67. The molecule has 0 bridgehead atoms. The van der Waals surface area contributed by atoms with Crippen molar-refractivity contribution in [1.29, 1.82) is 0 Å². The Balaban J connectivity index is 2.24. The molecule has 26 heavy (non-hydrogen) atoms. The van der Waals surface area contributed by atoms with E-state index in [0.29, 0.717) is 6.54 Å². The number of hydrogen-bond acceptors (Lipinski definition) is 3. The number of aliphatic hydroxyl groups excluding tert-OH is 1. The van der Waals surface area contributed by atoms with Crippen molar-refractivity contribution in [1.82, 2.24) is 5.32 Å². The predicted molar refractivity (Wildman–Crippen MR) is 106 cm³/mol. The molecule has 3 aromatic rings. The number of benzene rings is 3. The number of hydrogen-bond donors (Lipinski definition) is 2. The van der Waals surface area contributed by atoms with E-state index in [0.717, 1.165) is 22.4 Å². The Morgan fingerprint density at radius 1 is 0.808 bits per heavy atom. The molecule has 1 atom stereocenters. The van der Waals surface area contributed by atoms with E-state index in [1.807, 2.05) is 30.3 Å². The zero-order valence-corrected chi connectivity index (χ0v) is 15.3. The maximum absolute atomic E-state index is 9.51. The van der Waals surface area contributed by atoms with Crippen LogP contribution in [0.3, 0.4) is 0 Å². The SMILES string of the molecule is COc1ccc(C(NCCO)(c2ccccc2)c2ccc(C)cc2)cc1. The van der Waals surface area contributed by atoms with Crippen LogP contribution in [0, 0.1) is 6.92 Å². The molecule has 0 spiro atoms. The molecule has 0 aliphatic heterocycles. The summed E-state index contributed by atoms with van der Waals surface area (Å²) in [4.78, 5) is 0. The Labute approximate surface area is 155 Å². The van der Waals surface area contributed by atoms with Crippen LogP contribution in [0.25, 0.3) is 0 Å². The molecule has 0 heterocycles. The van der Waals surface area contributed by atoms with E-state index in [-0.39, 0.29) is 6.61 Å². The third-order valence-electron chi connectivity index (χ3n) is 4.72. The van der Waals surface area contributed by atoms with Crippen LogP contribution in [-0.2, 0) is 5.54 Å². The average Bonchev–Trinajstić information content (AvgIpc) is 2.71. The molecule has 0 aromatic heterocycles. The Bertz CT molecular complexity index is 813. The molecular weight excluding hydrogens is 322 g/mol. The summed E-state index contributed by atoms with van der Waals surface area (Å²) in [5.41, 5.74) is 4.02. The summed E-state index contributed by atoms with van der Waals surface area (Å²) in [5, 5.41) is 13.1. The predicted octanol–water partition coefficient (Wildman–Crippen LogP) is 3.88. The van der Waals surface area contributed by atoms with Gasteiger partial charge in [-0.2, -0.15) is 0 Å². The summed E-state index contributed by atoms with van der Waals surface area (Å²) in [6.45, 7) is 2.63. The first-order valence-corrected chi connectivity index (χ1v) is 8.84. The normalized spacial score (nSPS) is 13.2. The van der Waals surface area contributed by atoms with Crippen molar-refractivity contribution < 1.29 is 9.84 Å². The fraction of sp³-hybridized carbons (Fsp3) is 0.217. The van der Waals surface area contributed by atoms with Gasteiger partial charge in [-0.15, -0.1) is 0 Å². The molecule has 3 nitrogen and oxygen atoms in total. The lowest BCUT2D eigenvalue weighted by molar-refractivity contribution is 0.277. The van der Waals surface area contributed by atoms with E-state index < -0.39 is 5.54 Å². The molecule has 0 saturated heterocycles. The van der Waals surface area contributed by atoms with E-state index in [1.165, 1.54) is 5.56 Å². The second kappa shape index (κ2) is 8.17. The third-order valence-corrected chi connectivity index (χ3v) is 4.72. The Kier molecular flexibility index (Phi) is 5.71. The Hall–Kier alpha value is -2.62. The van der Waals surface area contributed by atoms with Gasteiger partial charge in [0.2, 0.25) is 0 Å². The lowest BCUT2D eigenvalue weighted by atomic mass is 9.76. The van der Waals surface area contributed by atoms with Crippen LogP contribution in [0.1, 0.15) is 22.3 Å². The van der Waals surface area contributed by atoms with Crippen molar-refractivity contribution in [2.75, 3.05) is 20.3 Å². The first kappa shape index (κ1) is 18.2. The van der Waals surface area contributed by atoms with Gasteiger partial charge in [0.1, 0.15) is 5.75 Å². The van der Waals surface area contributed by atoms with E-state index in [1.54, 1.807) is 7.11 Å². The summed E-state index contributed by atoms with van der Waals surface area (Å²) < 4.78 is 5.33. The summed E-state index contributed by atoms with van der Waals surface area (Å²) in [6.07, 6.45) is 0. The van der Waals surface area contributed by atoms with Gasteiger partial charge in [0.05, 0.1) is 19.3 Å². The van der Waals surface area contributed by atoms with Gasteiger partial charge in [-0.1, -0.05) is 72.3 Å². The van der Waals surface area contributed by atoms with Gasteiger partial charge in [0, 0.05) is 6.54 Å². The maximum Gasteiger partial charge on any atom is 0.118 e. The second-order valence-corrected chi connectivity index (χ2v) is 6.36. The topological polar surface area (TPSA) is 41.5 Å². The van der Waals surface area contributed by atoms with Gasteiger partial charge >= 0.3 is 0 Å². The minimum absolute atomic E-state index is 0.0661. The van der Waals surface area contributed by atoms with Crippen LogP contribution >= 0.6 is 0 Å². The van der Waals surface area contributed by atoms with E-state index in [4.69, 9.17) is 4.74 Å². The van der Waals surface area contributed by atoms with E-state index in [9.17, 15) is 5.11 Å². The quantitative estimate of drug-likeness (QED) is 0.638. The van der Waals surface area contributed by atoms with Crippen LogP contribution in [0.15, 0.2) is 78.9 Å². The maximum atomic E-state index is 9.51. The van der Waals surface area contributed by atoms with E-state index >= 15 is 0 Å². The fourth-order valence-electron chi connectivity index (χ4n) is 3.38. The second-order valence-electron chi connectivity index (χ2n) is 6.36. The zero-order valence-electron chi connectivity index (χ0n) is 15.3. The van der Waals surface area contributed by atoms with Crippen LogP contribution in [0.4, 0.5) is 0 Å². The fourth-order valence-corrected chi connectivity index (χ4v) is 3.38. The molecule has 3 aromatic carbocycles. The Morgan fingerprint density at radius 2 is 1.35 bits per heavy atom. The molecule has 134 valence electrons. The number of methoxy groups -OCH3 is 1. The molecule has 1 unspecified atom stereocenters. The van der Waals surface area contributed by atoms with Crippen LogP contribution in [0.5, 0.6) is 5.75 Å². The van der Waals surface area contributed by atoms with Crippen molar-refractivity contribution >= 4 is 0 Å². The average molecular weight is 347 g/mol. The van der Waals surface area contributed by atoms with E-state index in [2.05, 4.69) is 60.8 Å². The Morgan fingerprint density at radius 3 is 1.88 bits per heavy atom. The molecule has 3 rings (SSSR count). The van der Waals surface area contributed by atoms with Crippen molar-refractivity contribution in [3.63, 3.8) is 0 Å². The van der Waals surface area contributed by atoms with Gasteiger partial charge < -0.3 is 9.84 Å². The molecule has 0 aliphatic rings. The van der Waals surface area contributed by atoms with Crippen LogP contribution < -0.4 is 10.1 Å². The van der Waals surface area contributed by atoms with Crippen LogP contribution in [0.2, 0.25) is 0 Å². The first-order valence-electron chi connectivity index (χ1n) is 8.84. The highest BCUT2D eigenvalue weighted by Crippen LogP contribution is 2.37. The molecule has 0 aliphatic carbocycles. The monoisotopic (exact) mass is 347 g/mol. The first-order chi connectivity index (χ1) is 12.7. The smallest absolute Gasteiger partial charge is 0.118 e. The molecule has 2 N–H and O–H groups in total. The van der Waals surface area contributed by atoms with Crippen molar-refractivity contribution in [3.8, 4) is 5.75 Å². The highest BCUT2D eigenvalue weighted by atomic mass is 16.5. The van der Waals surface area contributed by atoms with Gasteiger partial charge in [-0.3, -0.25) is 5.32 Å². The highest BCUT2D eigenvalue weighted by Gasteiger charge is 2.35. The number of rotatable bonds is 7. The number of aliphatic hydroxyl groups is 1. The summed E-state index contributed by atoms with van der Waals surface area (Å²) >= 11 is 0. The van der Waals surface area contributed by atoms with Crippen LogP contribution in [-0.4, -0.2) is 25.4 Å². The molecule has 0 saturated carbocycles.